The molecule has 3 nitrogen and oxygen atoms in total. The number of hydrogen-bond acceptors (Lipinski definition) is 2. The van der Waals surface area contributed by atoms with Gasteiger partial charge in [0.05, 0.1) is 12.2 Å². The van der Waals surface area contributed by atoms with Gasteiger partial charge < -0.3 is 0 Å². The largest absolute Gasteiger partial charge is 0.240 e. The molecule has 1 aromatic heterocycles. The lowest BCUT2D eigenvalue weighted by Crippen LogP contribution is -2.13. The van der Waals surface area contributed by atoms with E-state index in [-0.39, 0.29) is 0 Å². The van der Waals surface area contributed by atoms with Gasteiger partial charge in [0.2, 0.25) is 0 Å². The van der Waals surface area contributed by atoms with Crippen molar-refractivity contribution in [2.45, 2.75) is 19.9 Å². The first-order valence-electron chi connectivity index (χ1n) is 4.25. The average molecular weight is 230 g/mol. The lowest BCUT2D eigenvalue weighted by atomic mass is 10.1. The molecule has 5 heteroatoms. The molecule has 0 fully saturated rings. The molecule has 2 aliphatic heterocycles. The Hall–Kier alpha value is -0.800. The number of aliphatic imine (C=N–C) groups is 1. The average Bonchev–Trinajstić information content (AvgIpc) is 2.63. The standard InChI is InChI=1S/C9H9Cl2N3/c1-5(10)3-8(11)13-9-7-4-12-14(9)6(7)2/h3-4,6H,1-2H3/b5-3+,13-8+. The lowest BCUT2D eigenvalue weighted by Gasteiger charge is -2.20. The highest BCUT2D eigenvalue weighted by atomic mass is 35.5. The van der Waals surface area contributed by atoms with E-state index in [0.29, 0.717) is 16.2 Å². The second kappa shape index (κ2) is 3.41. The number of aromatic nitrogens is 2. The van der Waals surface area contributed by atoms with E-state index in [0.717, 1.165) is 11.4 Å². The first kappa shape index (κ1) is 9.74. The summed E-state index contributed by atoms with van der Waals surface area (Å²) in [6.07, 6.45) is 3.42. The third kappa shape index (κ3) is 1.47. The molecule has 0 aromatic carbocycles. The Kier molecular flexibility index (Phi) is 2.37. The normalized spacial score (nSPS) is 21.0. The second-order valence-corrected chi connectivity index (χ2v) is 4.19. The van der Waals surface area contributed by atoms with Gasteiger partial charge in [0.25, 0.3) is 0 Å². The van der Waals surface area contributed by atoms with Crippen LogP contribution in [0.25, 0.3) is 0 Å². The fourth-order valence-corrected chi connectivity index (χ4v) is 1.83. The summed E-state index contributed by atoms with van der Waals surface area (Å²) < 4.78 is 1.83. The summed E-state index contributed by atoms with van der Waals surface area (Å²) in [4.78, 5) is 4.20. The lowest BCUT2D eigenvalue weighted by molar-refractivity contribution is 0.546. The molecular weight excluding hydrogens is 221 g/mol. The molecule has 0 saturated heterocycles. The fraction of sp³-hybridized carbons (Fsp3) is 0.333. The minimum absolute atomic E-state index is 0.347. The molecule has 14 heavy (non-hydrogen) atoms. The van der Waals surface area contributed by atoms with Gasteiger partial charge in [-0.15, -0.1) is 0 Å². The van der Waals surface area contributed by atoms with Crippen LogP contribution in [0.4, 0.5) is 5.82 Å². The molecule has 0 amide bonds. The topological polar surface area (TPSA) is 30.2 Å². The SMILES string of the molecule is C/C(Cl)=C\C(Cl)=N/c1c2cnn1C2C. The van der Waals surface area contributed by atoms with Crippen molar-refractivity contribution in [1.82, 2.24) is 9.78 Å². The summed E-state index contributed by atoms with van der Waals surface area (Å²) in [6.45, 7) is 3.82. The monoisotopic (exact) mass is 229 g/mol. The van der Waals surface area contributed by atoms with E-state index in [1.807, 2.05) is 10.9 Å². The van der Waals surface area contributed by atoms with Crippen LogP contribution in [-0.4, -0.2) is 15.0 Å². The highest BCUT2D eigenvalue weighted by molar-refractivity contribution is 6.69. The summed E-state index contributed by atoms with van der Waals surface area (Å²) in [5.74, 6) is 0.830. The van der Waals surface area contributed by atoms with Crippen LogP contribution in [0.2, 0.25) is 0 Å². The van der Waals surface area contributed by atoms with Crippen LogP contribution in [0, 0.1) is 0 Å². The number of hydrogen-bond donors (Lipinski definition) is 0. The minimum Gasteiger partial charge on any atom is -0.240 e. The first-order chi connectivity index (χ1) is 6.59. The van der Waals surface area contributed by atoms with Crippen LogP contribution in [0.3, 0.4) is 0 Å². The molecule has 1 aromatic rings. The maximum absolute atomic E-state index is 5.86. The van der Waals surface area contributed by atoms with Gasteiger partial charge in [-0.05, 0) is 19.9 Å². The number of nitrogens with zero attached hydrogens (tertiary/aromatic N) is 3. The maximum atomic E-state index is 5.86. The third-order valence-electron chi connectivity index (χ3n) is 2.14. The van der Waals surface area contributed by atoms with E-state index in [1.54, 1.807) is 13.0 Å². The van der Waals surface area contributed by atoms with Gasteiger partial charge >= 0.3 is 0 Å². The predicted molar refractivity (Wildman–Crippen MR) is 58.6 cm³/mol. The van der Waals surface area contributed by atoms with Gasteiger partial charge in [0.1, 0.15) is 5.17 Å². The number of fused-ring (bicyclic) bond motifs is 1. The van der Waals surface area contributed by atoms with Gasteiger partial charge in [-0.25, -0.2) is 9.67 Å². The van der Waals surface area contributed by atoms with Crippen LogP contribution < -0.4 is 0 Å². The van der Waals surface area contributed by atoms with Crippen molar-refractivity contribution in [1.29, 1.82) is 0 Å². The number of allylic oxidation sites excluding steroid dienone is 2. The zero-order valence-electron chi connectivity index (χ0n) is 7.83. The van der Waals surface area contributed by atoms with Gasteiger partial charge in [-0.2, -0.15) is 5.10 Å². The van der Waals surface area contributed by atoms with E-state index >= 15 is 0 Å². The Balaban J connectivity index is 2.25. The highest BCUT2D eigenvalue weighted by Gasteiger charge is 2.29. The van der Waals surface area contributed by atoms with Crippen LogP contribution >= 0.6 is 23.2 Å². The summed E-state index contributed by atoms with van der Waals surface area (Å²) in [6, 6.07) is 0.347. The smallest absolute Gasteiger partial charge is 0.158 e. The van der Waals surface area contributed by atoms with Crippen molar-refractivity contribution >= 4 is 34.2 Å². The molecule has 2 bridgehead atoms. The Morgan fingerprint density at radius 2 is 2.36 bits per heavy atom. The fourth-order valence-electron chi connectivity index (χ4n) is 1.43. The molecule has 0 saturated carbocycles. The molecule has 1 unspecified atom stereocenters. The van der Waals surface area contributed by atoms with E-state index < -0.39 is 0 Å². The number of rotatable bonds is 2. The molecule has 3 rings (SSSR count). The Bertz CT molecular complexity index is 406. The molecule has 0 aliphatic carbocycles. The second-order valence-electron chi connectivity index (χ2n) is 3.21. The van der Waals surface area contributed by atoms with Gasteiger partial charge in [0.15, 0.2) is 5.82 Å². The van der Waals surface area contributed by atoms with Gasteiger partial charge in [-0.1, -0.05) is 23.2 Å². The van der Waals surface area contributed by atoms with Crippen LogP contribution in [-0.2, 0) is 0 Å². The molecule has 1 atom stereocenters. The zero-order chi connectivity index (χ0) is 10.3. The van der Waals surface area contributed by atoms with Gasteiger partial charge in [0, 0.05) is 10.6 Å². The van der Waals surface area contributed by atoms with Crippen LogP contribution in [0.1, 0.15) is 25.5 Å². The third-order valence-corrected chi connectivity index (χ3v) is 2.45. The van der Waals surface area contributed by atoms with Crippen molar-refractivity contribution in [3.05, 3.63) is 22.9 Å². The molecule has 0 radical (unpaired) electrons. The molecule has 74 valence electrons. The van der Waals surface area contributed by atoms with E-state index in [9.17, 15) is 0 Å². The molecule has 0 spiro atoms. The molecule has 3 heterocycles. The van der Waals surface area contributed by atoms with Crippen LogP contribution in [0.5, 0.6) is 0 Å². The van der Waals surface area contributed by atoms with Crippen molar-refractivity contribution in [2.24, 2.45) is 4.99 Å². The molecule has 0 N–H and O–H groups in total. The van der Waals surface area contributed by atoms with Crippen molar-refractivity contribution < 1.29 is 0 Å². The first-order valence-corrected chi connectivity index (χ1v) is 5.00. The van der Waals surface area contributed by atoms with E-state index in [2.05, 4.69) is 17.0 Å². The van der Waals surface area contributed by atoms with Gasteiger partial charge in [-0.3, -0.25) is 0 Å². The predicted octanol–water partition coefficient (Wildman–Crippen LogP) is 3.22. The molecule has 2 aliphatic rings. The van der Waals surface area contributed by atoms with E-state index in [4.69, 9.17) is 23.2 Å². The Labute approximate surface area is 92.0 Å². The highest BCUT2D eigenvalue weighted by Crippen LogP contribution is 2.40. The van der Waals surface area contributed by atoms with Crippen molar-refractivity contribution in [3.63, 3.8) is 0 Å². The Morgan fingerprint density at radius 3 is 2.79 bits per heavy atom. The minimum atomic E-state index is 0.347. The maximum Gasteiger partial charge on any atom is 0.158 e. The zero-order valence-corrected chi connectivity index (χ0v) is 9.34. The summed E-state index contributed by atoms with van der Waals surface area (Å²) in [7, 11) is 0. The Morgan fingerprint density at radius 1 is 1.64 bits per heavy atom. The summed E-state index contributed by atoms with van der Waals surface area (Å²) >= 11 is 11.5. The summed E-state index contributed by atoms with van der Waals surface area (Å²) in [5, 5.41) is 5.11. The quantitative estimate of drug-likeness (QED) is 0.717. The van der Waals surface area contributed by atoms with Crippen molar-refractivity contribution in [2.75, 3.05) is 0 Å². The summed E-state index contributed by atoms with van der Waals surface area (Å²) in [5.41, 5.74) is 1.13. The molecular formula is C9H9Cl2N3. The van der Waals surface area contributed by atoms with E-state index in [1.165, 1.54) is 0 Å². The van der Waals surface area contributed by atoms with Crippen molar-refractivity contribution in [3.8, 4) is 0 Å². The van der Waals surface area contributed by atoms with Crippen LogP contribution in [0.15, 0.2) is 22.3 Å². The number of halogens is 2.